The molecule has 3 N–H and O–H groups in total. The molecule has 0 saturated heterocycles. The number of carbonyl (C=O) groups excluding carboxylic acids is 6. The lowest BCUT2D eigenvalue weighted by Gasteiger charge is -2.27. The fraction of sp³-hybridized carbons (Fsp3) is 0.359. The Morgan fingerprint density at radius 1 is 0.963 bits per heavy atom. The Morgan fingerprint density at radius 3 is 2.39 bits per heavy atom. The van der Waals surface area contributed by atoms with Crippen LogP contribution in [0.25, 0.3) is 11.3 Å². The molecule has 2 aromatic carbocycles. The number of ketones is 2. The van der Waals surface area contributed by atoms with Crippen LogP contribution < -0.4 is 24.8 Å². The Labute approximate surface area is 311 Å². The van der Waals surface area contributed by atoms with Gasteiger partial charge in [-0.05, 0) is 55.5 Å². The van der Waals surface area contributed by atoms with E-state index in [0.717, 1.165) is 38.6 Å². The van der Waals surface area contributed by atoms with Crippen molar-refractivity contribution in [2.24, 2.45) is 0 Å². The van der Waals surface area contributed by atoms with Crippen LogP contribution >= 0.6 is 0 Å². The lowest BCUT2D eigenvalue weighted by molar-refractivity contribution is -0.132. The normalized spacial score (nSPS) is 16.5. The number of aromatic nitrogens is 2. The number of hydrogen-bond acceptors (Lipinski definition) is 11. The number of benzene rings is 2. The number of nitrogens with zero attached hydrogens (tertiary/aromatic N) is 3. The van der Waals surface area contributed by atoms with E-state index in [1.165, 1.54) is 18.2 Å². The van der Waals surface area contributed by atoms with Crippen LogP contribution in [0.2, 0.25) is 0 Å². The summed E-state index contributed by atoms with van der Waals surface area (Å²) in [5, 5.41) is 12.8. The van der Waals surface area contributed by atoms with E-state index in [1.807, 2.05) is 30.3 Å². The van der Waals surface area contributed by atoms with Gasteiger partial charge in [-0.2, -0.15) is 5.10 Å². The molecule has 1 unspecified atom stereocenters. The minimum Gasteiger partial charge on any atom is -0.496 e. The number of amides is 4. The molecule has 15 heteroatoms. The quantitative estimate of drug-likeness (QED) is 0.118. The number of ether oxygens (including phenoxy) is 3. The first-order valence-corrected chi connectivity index (χ1v) is 17.7. The van der Waals surface area contributed by atoms with Gasteiger partial charge in [-0.15, -0.1) is 0 Å². The number of H-pyrrole nitrogens is 1. The van der Waals surface area contributed by atoms with Crippen LogP contribution in [0.5, 0.6) is 17.2 Å². The number of Topliss-reactive ketones (excluding diaryl/α,β-unsaturated/α-hetero) is 2. The van der Waals surface area contributed by atoms with E-state index >= 15 is 0 Å². The Balaban J connectivity index is 0.932. The average Bonchev–Trinajstić information content (AvgIpc) is 3.75. The molecule has 0 radical (unpaired) electrons. The zero-order chi connectivity index (χ0) is 38.5. The predicted octanol–water partition coefficient (Wildman–Crippen LogP) is 3.04. The van der Waals surface area contributed by atoms with Gasteiger partial charge in [-0.25, -0.2) is 0 Å². The fourth-order valence-electron chi connectivity index (χ4n) is 6.90. The Hall–Kier alpha value is -6.25. The Kier molecular flexibility index (Phi) is 11.2. The molecular formula is C39H42N6O9. The first-order valence-electron chi connectivity index (χ1n) is 17.7. The van der Waals surface area contributed by atoms with Crippen LogP contribution in [-0.4, -0.2) is 102 Å². The first kappa shape index (κ1) is 37.5. The second-order valence-corrected chi connectivity index (χ2v) is 13.2. The molecule has 0 spiro atoms. The van der Waals surface area contributed by atoms with Crippen LogP contribution in [0, 0.1) is 0 Å². The molecule has 1 saturated carbocycles. The maximum absolute atomic E-state index is 13.2. The molecule has 282 valence electrons. The highest BCUT2D eigenvalue weighted by Gasteiger charge is 2.45. The second-order valence-electron chi connectivity index (χ2n) is 13.2. The summed E-state index contributed by atoms with van der Waals surface area (Å²) >= 11 is 0. The summed E-state index contributed by atoms with van der Waals surface area (Å²) in [5.41, 5.74) is 5.33. The molecule has 54 heavy (non-hydrogen) atoms. The average molecular weight is 739 g/mol. The van der Waals surface area contributed by atoms with E-state index in [0.29, 0.717) is 37.3 Å². The summed E-state index contributed by atoms with van der Waals surface area (Å²) in [4.78, 5) is 78.3. The van der Waals surface area contributed by atoms with Crippen molar-refractivity contribution in [1.82, 2.24) is 30.6 Å². The second kappa shape index (κ2) is 16.2. The minimum absolute atomic E-state index is 0.0119. The monoisotopic (exact) mass is 738 g/mol. The molecule has 6 rings (SSSR count). The smallest absolute Gasteiger partial charge is 0.266 e. The molecule has 1 aliphatic carbocycles. The van der Waals surface area contributed by atoms with Crippen LogP contribution in [-0.2, 0) is 25.6 Å². The number of hydrogen-bond donors (Lipinski definition) is 3. The minimum atomic E-state index is -1.00. The molecular weight excluding hydrogens is 696 g/mol. The Morgan fingerprint density at radius 2 is 1.69 bits per heavy atom. The van der Waals surface area contributed by atoms with Crippen LogP contribution in [0.15, 0.2) is 49.3 Å². The van der Waals surface area contributed by atoms with Gasteiger partial charge in [0, 0.05) is 55.9 Å². The number of nitrogens with one attached hydrogen (secondary N) is 3. The maximum atomic E-state index is 13.2. The van der Waals surface area contributed by atoms with E-state index in [-0.39, 0.29) is 60.8 Å². The molecule has 15 nitrogen and oxygen atoms in total. The number of methoxy groups -OCH3 is 2. The molecule has 3 heterocycles. The van der Waals surface area contributed by atoms with E-state index in [9.17, 15) is 28.8 Å². The van der Waals surface area contributed by atoms with Gasteiger partial charge in [-0.1, -0.05) is 12.6 Å². The van der Waals surface area contributed by atoms with Gasteiger partial charge < -0.3 is 29.7 Å². The largest absolute Gasteiger partial charge is 0.496 e. The van der Waals surface area contributed by atoms with Crippen molar-refractivity contribution in [3.05, 3.63) is 82.8 Å². The van der Waals surface area contributed by atoms with Crippen molar-refractivity contribution in [3.8, 4) is 17.2 Å². The number of aromatic amines is 1. The van der Waals surface area contributed by atoms with Crippen molar-refractivity contribution in [1.29, 1.82) is 0 Å². The highest BCUT2D eigenvalue weighted by Crippen LogP contribution is 2.40. The summed E-state index contributed by atoms with van der Waals surface area (Å²) in [6.07, 6.45) is 5.49. The summed E-state index contributed by atoms with van der Waals surface area (Å²) in [7, 11) is 5.12. The zero-order valence-electron chi connectivity index (χ0n) is 30.4. The van der Waals surface area contributed by atoms with E-state index < -0.39 is 36.2 Å². The third-order valence-electron chi connectivity index (χ3n) is 9.73. The van der Waals surface area contributed by atoms with Crippen LogP contribution in [0.3, 0.4) is 0 Å². The summed E-state index contributed by atoms with van der Waals surface area (Å²) in [5.74, 6) is -1.23. The lowest BCUT2D eigenvalue weighted by atomic mass is 9.92. The van der Waals surface area contributed by atoms with Gasteiger partial charge in [0.15, 0.2) is 12.4 Å². The number of fused-ring (bicyclic) bond motifs is 2. The molecule has 3 aromatic rings. The topological polar surface area (TPSA) is 189 Å². The number of carbonyl (C=O) groups is 6. The van der Waals surface area contributed by atoms with Crippen molar-refractivity contribution in [3.63, 3.8) is 0 Å². The molecule has 3 aliphatic rings. The van der Waals surface area contributed by atoms with Gasteiger partial charge >= 0.3 is 0 Å². The van der Waals surface area contributed by atoms with Gasteiger partial charge in [-0.3, -0.25) is 38.8 Å². The summed E-state index contributed by atoms with van der Waals surface area (Å²) in [6.45, 7) is 4.32. The third kappa shape index (κ3) is 7.61. The third-order valence-corrected chi connectivity index (χ3v) is 9.73. The van der Waals surface area contributed by atoms with Crippen molar-refractivity contribution in [2.45, 2.75) is 51.0 Å². The standard InChI is InChI=1S/C39H42N6O9/c1-22-37-27(19-42-43-37)28(20-44(22)2)23-16-32(52-3)25(33(17-23)53-4)8-6-11-34(48)40-14-7-15-41-35(49)21-54-31-10-5-9-26-36(31)39(51)45(38(26)50)29-13-12-24(46)18-30(29)47/h5,9-10,16-17,19-20,29H,1,6-8,11-15,18,21H2,2-4H3,(H,40,48)(H,41,49)(H,42,43). The van der Waals surface area contributed by atoms with Crippen LogP contribution in [0.1, 0.15) is 81.6 Å². The molecule has 4 amide bonds. The first-order chi connectivity index (χ1) is 26.0. The molecule has 2 aliphatic heterocycles. The van der Waals surface area contributed by atoms with E-state index in [1.54, 1.807) is 20.4 Å². The molecule has 1 aromatic heterocycles. The summed E-state index contributed by atoms with van der Waals surface area (Å²) in [6, 6.07) is 7.37. The highest BCUT2D eigenvalue weighted by molar-refractivity contribution is 6.24. The Bertz CT molecular complexity index is 2040. The van der Waals surface area contributed by atoms with Gasteiger partial charge in [0.25, 0.3) is 17.7 Å². The molecule has 1 fully saturated rings. The van der Waals surface area contributed by atoms with E-state index in [2.05, 4.69) is 27.4 Å². The summed E-state index contributed by atoms with van der Waals surface area (Å²) < 4.78 is 17.1. The van der Waals surface area contributed by atoms with Crippen LogP contribution in [0.4, 0.5) is 0 Å². The SMILES string of the molecule is C=C1c2[nH]ncc2C(c2cc(OC)c(CCCC(=O)NCCCNC(=O)COc3cccc4c3C(=O)N(C3CCC(=O)CC3=O)C4=O)c(OC)c2)=CN1C. The molecule has 1 atom stereocenters. The van der Waals surface area contributed by atoms with E-state index in [4.69, 9.17) is 14.2 Å². The predicted molar refractivity (Wildman–Crippen MR) is 196 cm³/mol. The maximum Gasteiger partial charge on any atom is 0.266 e. The number of rotatable bonds is 15. The lowest BCUT2D eigenvalue weighted by Crippen LogP contribution is -2.47. The van der Waals surface area contributed by atoms with Crippen molar-refractivity contribution >= 4 is 46.5 Å². The van der Waals surface area contributed by atoms with Gasteiger partial charge in [0.05, 0.1) is 55.4 Å². The zero-order valence-corrected chi connectivity index (χ0v) is 30.4. The molecule has 0 bridgehead atoms. The van der Waals surface area contributed by atoms with Crippen molar-refractivity contribution < 1.29 is 43.0 Å². The van der Waals surface area contributed by atoms with Gasteiger partial charge in [0.1, 0.15) is 23.0 Å². The fourth-order valence-corrected chi connectivity index (χ4v) is 6.90. The number of imide groups is 1. The van der Waals surface area contributed by atoms with Crippen molar-refractivity contribution in [2.75, 3.05) is 41.0 Å². The van der Waals surface area contributed by atoms with Gasteiger partial charge in [0.2, 0.25) is 5.91 Å². The highest BCUT2D eigenvalue weighted by atomic mass is 16.5.